The number of benzene rings is 2. The van der Waals surface area contributed by atoms with E-state index in [0.29, 0.717) is 12.0 Å². The van der Waals surface area contributed by atoms with Gasteiger partial charge in [-0.15, -0.1) is 0 Å². The van der Waals surface area contributed by atoms with Crippen molar-refractivity contribution in [1.29, 1.82) is 0 Å². The number of rotatable bonds is 8. The van der Waals surface area contributed by atoms with E-state index in [-0.39, 0.29) is 11.9 Å². The van der Waals surface area contributed by atoms with Crippen LogP contribution in [0.15, 0.2) is 54.6 Å². The van der Waals surface area contributed by atoms with Gasteiger partial charge in [0.1, 0.15) is 0 Å². The smallest absolute Gasteiger partial charge is 0.254 e. The van der Waals surface area contributed by atoms with Gasteiger partial charge in [-0.05, 0) is 64.0 Å². The van der Waals surface area contributed by atoms with Crippen LogP contribution in [0.1, 0.15) is 47.8 Å². The summed E-state index contributed by atoms with van der Waals surface area (Å²) in [5.74, 6) is 0.0136. The molecule has 4 nitrogen and oxygen atoms in total. The van der Waals surface area contributed by atoms with Crippen LogP contribution in [0.3, 0.4) is 0 Å². The molecule has 1 atom stereocenters. The molecule has 2 aromatic carbocycles. The second-order valence-corrected chi connectivity index (χ2v) is 8.11. The van der Waals surface area contributed by atoms with Gasteiger partial charge in [-0.25, -0.2) is 0 Å². The molecule has 0 heterocycles. The SMILES string of the molecule is CN(C)CC(c1ccccc1)N(C)C(=O)c1ccc(CCC(C)(C)O)cc1. The van der Waals surface area contributed by atoms with Crippen LogP contribution in [0.4, 0.5) is 0 Å². The Morgan fingerprint density at radius 1 is 1.00 bits per heavy atom. The van der Waals surface area contributed by atoms with Crippen molar-refractivity contribution in [2.45, 2.75) is 38.3 Å². The second kappa shape index (κ2) is 9.16. The van der Waals surface area contributed by atoms with E-state index < -0.39 is 5.60 Å². The van der Waals surface area contributed by atoms with Crippen LogP contribution in [-0.4, -0.2) is 54.1 Å². The van der Waals surface area contributed by atoms with Gasteiger partial charge in [0, 0.05) is 19.2 Å². The predicted octanol–water partition coefficient (Wildman–Crippen LogP) is 3.77. The zero-order chi connectivity index (χ0) is 20.0. The van der Waals surface area contributed by atoms with Crippen molar-refractivity contribution in [3.05, 3.63) is 71.3 Å². The number of likely N-dealkylation sites (N-methyl/N-ethyl adjacent to an activating group) is 2. The van der Waals surface area contributed by atoms with E-state index in [1.807, 2.05) is 82.4 Å². The summed E-state index contributed by atoms with van der Waals surface area (Å²) >= 11 is 0. The number of nitrogens with zero attached hydrogens (tertiary/aromatic N) is 2. The molecule has 0 radical (unpaired) electrons. The molecule has 0 aliphatic carbocycles. The Morgan fingerprint density at radius 2 is 1.59 bits per heavy atom. The van der Waals surface area contributed by atoms with Crippen molar-refractivity contribution in [3.8, 4) is 0 Å². The molecule has 0 bridgehead atoms. The molecule has 0 aliphatic heterocycles. The zero-order valence-electron chi connectivity index (χ0n) is 17.1. The zero-order valence-corrected chi connectivity index (χ0v) is 17.1. The van der Waals surface area contributed by atoms with E-state index in [4.69, 9.17) is 0 Å². The van der Waals surface area contributed by atoms with Crippen molar-refractivity contribution in [1.82, 2.24) is 9.80 Å². The van der Waals surface area contributed by atoms with Gasteiger partial charge in [0.05, 0.1) is 11.6 Å². The highest BCUT2D eigenvalue weighted by Crippen LogP contribution is 2.22. The molecule has 27 heavy (non-hydrogen) atoms. The lowest BCUT2D eigenvalue weighted by Gasteiger charge is -2.31. The summed E-state index contributed by atoms with van der Waals surface area (Å²) in [6.45, 7) is 4.39. The fourth-order valence-electron chi connectivity index (χ4n) is 3.08. The number of hydrogen-bond donors (Lipinski definition) is 1. The first kappa shape index (κ1) is 21.1. The van der Waals surface area contributed by atoms with Crippen molar-refractivity contribution in [2.75, 3.05) is 27.7 Å². The molecule has 146 valence electrons. The molecule has 0 saturated heterocycles. The van der Waals surface area contributed by atoms with Crippen LogP contribution < -0.4 is 0 Å². The summed E-state index contributed by atoms with van der Waals surface area (Å²) in [7, 11) is 5.91. The van der Waals surface area contributed by atoms with Crippen molar-refractivity contribution < 1.29 is 9.90 Å². The lowest BCUT2D eigenvalue weighted by Crippen LogP contribution is -2.37. The summed E-state index contributed by atoms with van der Waals surface area (Å²) < 4.78 is 0. The Balaban J connectivity index is 2.14. The van der Waals surface area contributed by atoms with E-state index in [9.17, 15) is 9.90 Å². The van der Waals surface area contributed by atoms with Gasteiger partial charge in [-0.1, -0.05) is 42.5 Å². The second-order valence-electron chi connectivity index (χ2n) is 8.11. The van der Waals surface area contributed by atoms with Gasteiger partial charge < -0.3 is 14.9 Å². The Bertz CT molecular complexity index is 718. The normalized spacial score (nSPS) is 12.9. The summed E-state index contributed by atoms with van der Waals surface area (Å²) in [4.78, 5) is 17.0. The maximum Gasteiger partial charge on any atom is 0.254 e. The third-order valence-corrected chi connectivity index (χ3v) is 4.74. The van der Waals surface area contributed by atoms with Crippen LogP contribution in [0.25, 0.3) is 0 Å². The highest BCUT2D eigenvalue weighted by molar-refractivity contribution is 5.94. The molecule has 0 aliphatic rings. The average molecular weight is 369 g/mol. The standard InChI is InChI=1S/C23H32N2O2/c1-23(2,27)16-15-18-11-13-20(14-12-18)22(26)25(5)21(17-24(3)4)19-9-7-6-8-10-19/h6-14,21,27H,15-17H2,1-5H3. The first-order chi connectivity index (χ1) is 12.7. The molecule has 2 rings (SSSR count). The van der Waals surface area contributed by atoms with Crippen LogP contribution >= 0.6 is 0 Å². The largest absolute Gasteiger partial charge is 0.390 e. The van der Waals surface area contributed by atoms with E-state index >= 15 is 0 Å². The van der Waals surface area contributed by atoms with Gasteiger partial charge >= 0.3 is 0 Å². The Morgan fingerprint density at radius 3 is 2.11 bits per heavy atom. The summed E-state index contributed by atoms with van der Waals surface area (Å²) in [6.07, 6.45) is 1.49. The maximum absolute atomic E-state index is 13.0. The molecule has 0 spiro atoms. The van der Waals surface area contributed by atoms with Crippen LogP contribution in [0.5, 0.6) is 0 Å². The fourth-order valence-corrected chi connectivity index (χ4v) is 3.08. The molecule has 2 aromatic rings. The molecule has 1 unspecified atom stereocenters. The third-order valence-electron chi connectivity index (χ3n) is 4.74. The number of carbonyl (C=O) groups is 1. The lowest BCUT2D eigenvalue weighted by atomic mass is 9.98. The number of carbonyl (C=O) groups excluding carboxylic acids is 1. The van der Waals surface area contributed by atoms with Crippen molar-refractivity contribution in [2.24, 2.45) is 0 Å². The minimum atomic E-state index is -0.677. The van der Waals surface area contributed by atoms with Gasteiger partial charge in [0.15, 0.2) is 0 Å². The van der Waals surface area contributed by atoms with Gasteiger partial charge in [-0.3, -0.25) is 4.79 Å². The molecule has 1 amide bonds. The summed E-state index contributed by atoms with van der Waals surface area (Å²) in [6, 6.07) is 17.9. The molecule has 0 saturated carbocycles. The van der Waals surface area contributed by atoms with E-state index in [1.54, 1.807) is 0 Å². The quantitative estimate of drug-likeness (QED) is 0.771. The number of aryl methyl sites for hydroxylation is 1. The molecule has 4 heteroatoms. The molecular formula is C23H32N2O2. The highest BCUT2D eigenvalue weighted by atomic mass is 16.3. The number of hydrogen-bond acceptors (Lipinski definition) is 3. The highest BCUT2D eigenvalue weighted by Gasteiger charge is 2.23. The topological polar surface area (TPSA) is 43.8 Å². The summed E-state index contributed by atoms with van der Waals surface area (Å²) in [5.41, 5.74) is 2.27. The monoisotopic (exact) mass is 368 g/mol. The van der Waals surface area contributed by atoms with Gasteiger partial charge in [-0.2, -0.15) is 0 Å². The first-order valence-corrected chi connectivity index (χ1v) is 9.45. The Labute approximate surface area is 163 Å². The lowest BCUT2D eigenvalue weighted by molar-refractivity contribution is 0.0699. The Kier molecular flexibility index (Phi) is 7.17. The van der Waals surface area contributed by atoms with E-state index in [1.165, 1.54) is 0 Å². The minimum absolute atomic E-state index is 0.0106. The predicted molar refractivity (Wildman–Crippen MR) is 111 cm³/mol. The maximum atomic E-state index is 13.0. The number of amides is 1. The van der Waals surface area contributed by atoms with Crippen molar-refractivity contribution >= 4 is 5.91 Å². The van der Waals surface area contributed by atoms with Crippen molar-refractivity contribution in [3.63, 3.8) is 0 Å². The molecule has 1 N–H and O–H groups in total. The van der Waals surface area contributed by atoms with Crippen LogP contribution in [-0.2, 0) is 6.42 Å². The Hall–Kier alpha value is -2.17. The molecule has 0 fully saturated rings. The minimum Gasteiger partial charge on any atom is -0.390 e. The van der Waals surface area contributed by atoms with Crippen LogP contribution in [0.2, 0.25) is 0 Å². The van der Waals surface area contributed by atoms with Gasteiger partial charge in [0.25, 0.3) is 5.91 Å². The first-order valence-electron chi connectivity index (χ1n) is 9.45. The fraction of sp³-hybridized carbons (Fsp3) is 0.435. The van der Waals surface area contributed by atoms with Crippen LogP contribution in [0, 0.1) is 0 Å². The van der Waals surface area contributed by atoms with Gasteiger partial charge in [0.2, 0.25) is 0 Å². The molecule has 0 aromatic heterocycles. The average Bonchev–Trinajstić information content (AvgIpc) is 2.63. The molecular weight excluding hydrogens is 336 g/mol. The van der Waals surface area contributed by atoms with E-state index in [0.717, 1.165) is 24.1 Å². The third kappa shape index (κ3) is 6.49. The number of aliphatic hydroxyl groups is 1. The van der Waals surface area contributed by atoms with E-state index in [2.05, 4.69) is 17.0 Å². The summed E-state index contributed by atoms with van der Waals surface area (Å²) in [5, 5.41) is 9.87.